The number of amides is 1. The van der Waals surface area contributed by atoms with Gasteiger partial charge in [0.1, 0.15) is 5.82 Å². The van der Waals surface area contributed by atoms with Crippen molar-refractivity contribution >= 4 is 15.9 Å². The number of ether oxygens (including phenoxy) is 1. The predicted molar refractivity (Wildman–Crippen MR) is 105 cm³/mol. The summed E-state index contributed by atoms with van der Waals surface area (Å²) in [6.07, 6.45) is 1.73. The number of nitrogens with zero attached hydrogens (tertiary/aromatic N) is 2. The summed E-state index contributed by atoms with van der Waals surface area (Å²) in [7, 11) is -3.69. The molecule has 2 aromatic carbocycles. The minimum atomic E-state index is -3.69. The highest BCUT2D eigenvalue weighted by Crippen LogP contribution is 2.31. The minimum absolute atomic E-state index is 0.0570. The highest BCUT2D eigenvalue weighted by Gasteiger charge is 2.34. The molecule has 0 N–H and O–H groups in total. The van der Waals surface area contributed by atoms with Gasteiger partial charge in [-0.25, -0.2) is 12.8 Å². The van der Waals surface area contributed by atoms with Crippen molar-refractivity contribution in [2.45, 2.75) is 30.3 Å². The molecule has 154 valence electrons. The standard InChI is InChI=1S/C21H23FN2O4S/c22-20-7-2-1-4-17(20)15-24(18-8-9-18)21(25)16-5-3-6-19(14-16)29(26,27)23-10-12-28-13-11-23/h1-7,14,18H,8-13,15H2. The molecule has 1 saturated heterocycles. The average Bonchev–Trinajstić information content (AvgIpc) is 3.59. The van der Waals surface area contributed by atoms with Gasteiger partial charge in [0.15, 0.2) is 0 Å². The lowest BCUT2D eigenvalue weighted by molar-refractivity contribution is 0.0724. The zero-order chi connectivity index (χ0) is 20.4. The summed E-state index contributed by atoms with van der Waals surface area (Å²) in [5.41, 5.74) is 0.743. The van der Waals surface area contributed by atoms with Crippen LogP contribution in [0.1, 0.15) is 28.8 Å². The van der Waals surface area contributed by atoms with E-state index >= 15 is 0 Å². The van der Waals surface area contributed by atoms with Crippen molar-refractivity contribution in [2.24, 2.45) is 0 Å². The number of hydrogen-bond acceptors (Lipinski definition) is 4. The smallest absolute Gasteiger partial charge is 0.254 e. The van der Waals surface area contributed by atoms with E-state index < -0.39 is 10.0 Å². The van der Waals surface area contributed by atoms with E-state index in [1.807, 2.05) is 0 Å². The average molecular weight is 418 g/mol. The lowest BCUT2D eigenvalue weighted by Gasteiger charge is -2.26. The van der Waals surface area contributed by atoms with Crippen LogP contribution in [-0.4, -0.2) is 55.9 Å². The lowest BCUT2D eigenvalue weighted by atomic mass is 10.1. The third kappa shape index (κ3) is 4.34. The quantitative estimate of drug-likeness (QED) is 0.723. The molecule has 0 aromatic heterocycles. The normalized spacial score (nSPS) is 17.8. The SMILES string of the molecule is O=C(c1cccc(S(=O)(=O)N2CCOCC2)c1)N(Cc1ccccc1F)C1CC1. The molecule has 1 heterocycles. The number of carbonyl (C=O) groups excluding carboxylic acids is 1. The van der Waals surface area contributed by atoms with Crippen LogP contribution in [0, 0.1) is 5.82 Å². The molecule has 1 aliphatic heterocycles. The van der Waals surface area contributed by atoms with Crippen molar-refractivity contribution in [1.82, 2.24) is 9.21 Å². The molecule has 4 rings (SSSR count). The Bertz CT molecular complexity index is 1000. The highest BCUT2D eigenvalue weighted by atomic mass is 32.2. The molecule has 1 saturated carbocycles. The van der Waals surface area contributed by atoms with Crippen molar-refractivity contribution in [2.75, 3.05) is 26.3 Å². The Kier molecular flexibility index (Phi) is 5.67. The van der Waals surface area contributed by atoms with Crippen molar-refractivity contribution in [3.63, 3.8) is 0 Å². The van der Waals surface area contributed by atoms with Crippen molar-refractivity contribution in [3.05, 3.63) is 65.5 Å². The molecular weight excluding hydrogens is 395 g/mol. The second-order valence-electron chi connectivity index (χ2n) is 7.30. The topological polar surface area (TPSA) is 66.9 Å². The van der Waals surface area contributed by atoms with Crippen LogP contribution in [-0.2, 0) is 21.3 Å². The zero-order valence-corrected chi connectivity index (χ0v) is 16.8. The van der Waals surface area contributed by atoms with E-state index in [0.717, 1.165) is 12.8 Å². The molecular formula is C21H23FN2O4S. The Morgan fingerprint density at radius 1 is 1.10 bits per heavy atom. The van der Waals surface area contributed by atoms with Crippen molar-refractivity contribution < 1.29 is 22.3 Å². The maximum absolute atomic E-state index is 14.1. The van der Waals surface area contributed by atoms with Gasteiger partial charge in [-0.3, -0.25) is 4.79 Å². The van der Waals surface area contributed by atoms with Crippen LogP contribution in [0.4, 0.5) is 4.39 Å². The number of rotatable bonds is 6. The van der Waals surface area contributed by atoms with Crippen LogP contribution in [0.2, 0.25) is 0 Å². The van der Waals surface area contributed by atoms with Crippen LogP contribution >= 0.6 is 0 Å². The van der Waals surface area contributed by atoms with E-state index in [-0.39, 0.29) is 29.2 Å². The number of morpholine rings is 1. The second kappa shape index (κ2) is 8.22. The molecule has 8 heteroatoms. The number of hydrogen-bond donors (Lipinski definition) is 0. The molecule has 6 nitrogen and oxygen atoms in total. The van der Waals surface area contributed by atoms with Gasteiger partial charge in [0.25, 0.3) is 5.91 Å². The molecule has 1 aliphatic carbocycles. The lowest BCUT2D eigenvalue weighted by Crippen LogP contribution is -2.40. The molecule has 2 fully saturated rings. The van der Waals surface area contributed by atoms with Gasteiger partial charge in [-0.05, 0) is 37.1 Å². The fraction of sp³-hybridized carbons (Fsp3) is 0.381. The maximum atomic E-state index is 14.1. The fourth-order valence-corrected chi connectivity index (χ4v) is 4.91. The van der Waals surface area contributed by atoms with Crippen LogP contribution in [0.3, 0.4) is 0 Å². The first kappa shape index (κ1) is 20.0. The number of carbonyl (C=O) groups is 1. The fourth-order valence-electron chi connectivity index (χ4n) is 3.45. The van der Waals surface area contributed by atoms with Crippen LogP contribution in [0.5, 0.6) is 0 Å². The van der Waals surface area contributed by atoms with E-state index in [4.69, 9.17) is 4.74 Å². The van der Waals surface area contributed by atoms with Crippen LogP contribution in [0.25, 0.3) is 0 Å². The first-order chi connectivity index (χ1) is 14.0. The van der Waals surface area contributed by atoms with Crippen LogP contribution in [0.15, 0.2) is 53.4 Å². The Labute approximate surface area is 169 Å². The monoisotopic (exact) mass is 418 g/mol. The largest absolute Gasteiger partial charge is 0.379 e. The molecule has 29 heavy (non-hydrogen) atoms. The Balaban J connectivity index is 1.59. The van der Waals surface area contributed by atoms with E-state index in [9.17, 15) is 17.6 Å². The third-order valence-corrected chi connectivity index (χ3v) is 7.13. The first-order valence-corrected chi connectivity index (χ1v) is 11.1. The van der Waals surface area contributed by atoms with Gasteiger partial charge in [-0.2, -0.15) is 4.31 Å². The van der Waals surface area contributed by atoms with Crippen LogP contribution < -0.4 is 0 Å². The van der Waals surface area contributed by atoms with Gasteiger partial charge in [0.2, 0.25) is 10.0 Å². The molecule has 0 atom stereocenters. The zero-order valence-electron chi connectivity index (χ0n) is 16.0. The van der Waals surface area contributed by atoms with E-state index in [0.29, 0.717) is 37.4 Å². The summed E-state index contributed by atoms with van der Waals surface area (Å²) < 4.78 is 46.5. The summed E-state index contributed by atoms with van der Waals surface area (Å²) in [5, 5.41) is 0. The Hall–Kier alpha value is -2.29. The molecule has 2 aromatic rings. The second-order valence-corrected chi connectivity index (χ2v) is 9.24. The van der Waals surface area contributed by atoms with Gasteiger partial charge < -0.3 is 9.64 Å². The molecule has 0 unspecified atom stereocenters. The maximum Gasteiger partial charge on any atom is 0.254 e. The van der Waals surface area contributed by atoms with E-state index in [1.165, 1.54) is 22.5 Å². The van der Waals surface area contributed by atoms with Gasteiger partial charge >= 0.3 is 0 Å². The summed E-state index contributed by atoms with van der Waals surface area (Å²) >= 11 is 0. The number of benzene rings is 2. The summed E-state index contributed by atoms with van der Waals surface area (Å²) in [6.45, 7) is 1.46. The van der Waals surface area contributed by atoms with Gasteiger partial charge in [-0.1, -0.05) is 24.3 Å². The summed E-state index contributed by atoms with van der Waals surface area (Å²) in [6, 6.07) is 12.6. The molecule has 0 spiro atoms. The first-order valence-electron chi connectivity index (χ1n) is 9.69. The predicted octanol–water partition coefficient (Wildman–Crippen LogP) is 2.65. The van der Waals surface area contributed by atoms with Crippen molar-refractivity contribution in [3.8, 4) is 0 Å². The van der Waals surface area contributed by atoms with E-state index in [1.54, 1.807) is 35.2 Å². The molecule has 2 aliphatic rings. The Morgan fingerprint density at radius 2 is 1.83 bits per heavy atom. The highest BCUT2D eigenvalue weighted by molar-refractivity contribution is 7.89. The van der Waals surface area contributed by atoms with Gasteiger partial charge in [0.05, 0.1) is 18.1 Å². The molecule has 1 amide bonds. The van der Waals surface area contributed by atoms with E-state index in [2.05, 4.69) is 0 Å². The summed E-state index contributed by atoms with van der Waals surface area (Å²) in [5.74, 6) is -0.635. The minimum Gasteiger partial charge on any atom is -0.379 e. The molecule has 0 bridgehead atoms. The van der Waals surface area contributed by atoms with Gasteiger partial charge in [0, 0.05) is 36.8 Å². The number of sulfonamides is 1. The Morgan fingerprint density at radius 3 is 2.52 bits per heavy atom. The number of halogens is 1. The van der Waals surface area contributed by atoms with Crippen molar-refractivity contribution in [1.29, 1.82) is 0 Å². The summed E-state index contributed by atoms with van der Waals surface area (Å²) in [4.78, 5) is 14.9. The molecule has 0 radical (unpaired) electrons. The third-order valence-electron chi connectivity index (χ3n) is 5.24. The van der Waals surface area contributed by atoms with Gasteiger partial charge in [-0.15, -0.1) is 0 Å².